The number of pyridine rings is 1. The van der Waals surface area contributed by atoms with Crippen molar-refractivity contribution in [1.82, 2.24) is 9.88 Å². The molecule has 5 nitrogen and oxygen atoms in total. The lowest BCUT2D eigenvalue weighted by Crippen LogP contribution is -2.43. The molecule has 148 valence electrons. The number of aromatic nitrogens is 1. The third kappa shape index (κ3) is 3.52. The van der Waals surface area contributed by atoms with Crippen molar-refractivity contribution in [2.45, 2.75) is 38.8 Å². The first-order chi connectivity index (χ1) is 13.5. The van der Waals surface area contributed by atoms with Gasteiger partial charge in [-0.3, -0.25) is 9.78 Å². The van der Waals surface area contributed by atoms with Crippen LogP contribution in [0.25, 0.3) is 11.1 Å². The number of hydrogen-bond acceptors (Lipinski definition) is 4. The zero-order chi connectivity index (χ0) is 19.8. The molecule has 28 heavy (non-hydrogen) atoms. The van der Waals surface area contributed by atoms with E-state index >= 15 is 0 Å². The molecule has 2 N–H and O–H groups in total. The third-order valence-electron chi connectivity index (χ3n) is 5.55. The Bertz CT molecular complexity index is 926. The molecule has 1 aromatic carbocycles. The Labute approximate surface area is 174 Å². The van der Waals surface area contributed by atoms with Gasteiger partial charge in [-0.05, 0) is 37.5 Å². The van der Waals surface area contributed by atoms with Crippen LogP contribution >= 0.6 is 23.2 Å². The molecule has 0 spiro atoms. The van der Waals surface area contributed by atoms with Crippen molar-refractivity contribution in [3.63, 3.8) is 0 Å². The van der Waals surface area contributed by atoms with E-state index in [0.29, 0.717) is 35.1 Å². The largest absolute Gasteiger partial charge is 0.376 e. The minimum Gasteiger partial charge on any atom is -0.376 e. The smallest absolute Gasteiger partial charge is 0.256 e. The van der Waals surface area contributed by atoms with Crippen LogP contribution in [0.4, 0.5) is 0 Å². The number of carbonyl (C=O) groups excluding carboxylic acids is 1. The fraction of sp³-hybridized carbons (Fsp3) is 0.429. The Morgan fingerprint density at radius 1 is 1.32 bits per heavy atom. The van der Waals surface area contributed by atoms with Crippen LogP contribution in [0.5, 0.6) is 0 Å². The van der Waals surface area contributed by atoms with Gasteiger partial charge >= 0.3 is 0 Å². The van der Waals surface area contributed by atoms with Crippen LogP contribution < -0.4 is 5.73 Å². The summed E-state index contributed by atoms with van der Waals surface area (Å²) in [7, 11) is 0. The summed E-state index contributed by atoms with van der Waals surface area (Å²) in [6, 6.07) is 5.33. The van der Waals surface area contributed by atoms with Crippen molar-refractivity contribution in [3.8, 4) is 11.1 Å². The van der Waals surface area contributed by atoms with Crippen LogP contribution in [-0.4, -0.2) is 41.6 Å². The van der Waals surface area contributed by atoms with Gasteiger partial charge in [-0.1, -0.05) is 29.3 Å². The van der Waals surface area contributed by atoms with Crippen molar-refractivity contribution in [2.75, 3.05) is 19.7 Å². The van der Waals surface area contributed by atoms with Gasteiger partial charge in [0.05, 0.1) is 17.4 Å². The molecule has 7 heteroatoms. The number of benzene rings is 1. The summed E-state index contributed by atoms with van der Waals surface area (Å²) in [5.74, 6) is -0.0278. The zero-order valence-electron chi connectivity index (χ0n) is 15.8. The lowest BCUT2D eigenvalue weighted by molar-refractivity contribution is 0.0509. The molecule has 1 amide bonds. The molecule has 1 atom stereocenters. The number of nitrogens with zero attached hydrogens (tertiary/aromatic N) is 2. The summed E-state index contributed by atoms with van der Waals surface area (Å²) in [6.45, 7) is 4.23. The highest BCUT2D eigenvalue weighted by Crippen LogP contribution is 2.39. The van der Waals surface area contributed by atoms with E-state index < -0.39 is 0 Å². The fourth-order valence-corrected chi connectivity index (χ4v) is 4.66. The number of carbonyl (C=O) groups is 1. The first-order valence-electron chi connectivity index (χ1n) is 9.58. The molecule has 1 saturated heterocycles. The minimum absolute atomic E-state index is 0.0278. The number of nitrogens with two attached hydrogens (primary N) is 1. The van der Waals surface area contributed by atoms with Gasteiger partial charge in [0.1, 0.15) is 0 Å². The van der Waals surface area contributed by atoms with Crippen LogP contribution in [0.1, 0.15) is 40.2 Å². The number of rotatable bonds is 4. The first-order valence-corrected chi connectivity index (χ1v) is 10.3. The number of amides is 1. The molecule has 4 rings (SSSR count). The molecule has 2 aliphatic heterocycles. The second-order valence-corrected chi connectivity index (χ2v) is 8.18. The highest BCUT2D eigenvalue weighted by atomic mass is 35.5. The molecule has 0 aliphatic carbocycles. The van der Waals surface area contributed by atoms with E-state index in [9.17, 15) is 4.79 Å². The van der Waals surface area contributed by atoms with Crippen molar-refractivity contribution < 1.29 is 9.53 Å². The second kappa shape index (κ2) is 7.99. The molecule has 2 aliphatic rings. The van der Waals surface area contributed by atoms with Gasteiger partial charge in [0.2, 0.25) is 0 Å². The van der Waals surface area contributed by atoms with Gasteiger partial charge < -0.3 is 15.4 Å². The lowest BCUT2D eigenvalue weighted by atomic mass is 9.89. The average Bonchev–Trinajstić information content (AvgIpc) is 3.16. The molecule has 0 radical (unpaired) electrons. The maximum Gasteiger partial charge on any atom is 0.256 e. The van der Waals surface area contributed by atoms with E-state index in [0.717, 1.165) is 47.5 Å². The maximum atomic E-state index is 13.5. The first kappa shape index (κ1) is 19.6. The third-order valence-corrected chi connectivity index (χ3v) is 6.10. The fourth-order valence-electron chi connectivity index (χ4n) is 4.16. The van der Waals surface area contributed by atoms with Gasteiger partial charge in [-0.25, -0.2) is 0 Å². The predicted octanol–water partition coefficient (Wildman–Crippen LogP) is 4.00. The number of hydrogen-bond donors (Lipinski definition) is 1. The summed E-state index contributed by atoms with van der Waals surface area (Å²) in [5, 5.41) is 1.05. The van der Waals surface area contributed by atoms with Gasteiger partial charge in [0, 0.05) is 59.5 Å². The quantitative estimate of drug-likeness (QED) is 0.812. The second-order valence-electron chi connectivity index (χ2n) is 7.34. The molecule has 0 bridgehead atoms. The van der Waals surface area contributed by atoms with E-state index in [1.807, 2.05) is 17.9 Å². The van der Waals surface area contributed by atoms with Crippen LogP contribution in [-0.2, 0) is 17.7 Å². The summed E-state index contributed by atoms with van der Waals surface area (Å²) >= 11 is 12.6. The lowest BCUT2D eigenvalue weighted by Gasteiger charge is -2.32. The molecule has 0 saturated carbocycles. The van der Waals surface area contributed by atoms with E-state index in [4.69, 9.17) is 38.7 Å². The average molecular weight is 420 g/mol. The Morgan fingerprint density at radius 2 is 2.14 bits per heavy atom. The summed E-state index contributed by atoms with van der Waals surface area (Å²) in [5.41, 5.74) is 10.7. The highest BCUT2D eigenvalue weighted by Gasteiger charge is 2.33. The van der Waals surface area contributed by atoms with Crippen LogP contribution in [0.3, 0.4) is 0 Å². The van der Waals surface area contributed by atoms with Crippen molar-refractivity contribution in [1.29, 1.82) is 0 Å². The predicted molar refractivity (Wildman–Crippen MR) is 111 cm³/mol. The number of fused-ring (bicyclic) bond motifs is 1. The van der Waals surface area contributed by atoms with Gasteiger partial charge in [0.15, 0.2) is 0 Å². The van der Waals surface area contributed by atoms with E-state index in [2.05, 4.69) is 0 Å². The number of ether oxygens (including phenoxy) is 1. The van der Waals surface area contributed by atoms with Gasteiger partial charge in [-0.2, -0.15) is 0 Å². The zero-order valence-corrected chi connectivity index (χ0v) is 17.3. The van der Waals surface area contributed by atoms with Crippen LogP contribution in [0.15, 0.2) is 18.2 Å². The molecule has 3 heterocycles. The summed E-state index contributed by atoms with van der Waals surface area (Å²) < 4.78 is 5.74. The normalized spacial score (nSPS) is 19.2. The molecule has 1 aromatic heterocycles. The highest BCUT2D eigenvalue weighted by molar-refractivity contribution is 6.36. The van der Waals surface area contributed by atoms with Crippen LogP contribution in [0.2, 0.25) is 10.0 Å². The van der Waals surface area contributed by atoms with E-state index in [1.165, 1.54) is 0 Å². The molecular weight excluding hydrogens is 397 g/mol. The Hall–Kier alpha value is -1.66. The van der Waals surface area contributed by atoms with Gasteiger partial charge in [0.25, 0.3) is 5.91 Å². The number of halogens is 2. The molecule has 2 aromatic rings. The van der Waals surface area contributed by atoms with Crippen LogP contribution in [0, 0.1) is 6.92 Å². The van der Waals surface area contributed by atoms with Gasteiger partial charge in [-0.15, -0.1) is 0 Å². The van der Waals surface area contributed by atoms with Crippen molar-refractivity contribution in [2.24, 2.45) is 5.73 Å². The van der Waals surface area contributed by atoms with E-state index in [1.54, 1.807) is 12.1 Å². The Balaban J connectivity index is 1.84. The van der Waals surface area contributed by atoms with Crippen molar-refractivity contribution >= 4 is 29.1 Å². The summed E-state index contributed by atoms with van der Waals surface area (Å²) in [6.07, 6.45) is 2.86. The van der Waals surface area contributed by atoms with Crippen molar-refractivity contribution in [3.05, 3.63) is 50.8 Å². The number of aryl methyl sites for hydroxylation is 1. The Kier molecular flexibility index (Phi) is 5.61. The monoisotopic (exact) mass is 419 g/mol. The summed E-state index contributed by atoms with van der Waals surface area (Å²) in [4.78, 5) is 20.1. The Morgan fingerprint density at radius 3 is 2.82 bits per heavy atom. The SMILES string of the molecule is Cc1nc2c(c(-c3ccc(Cl)cc3Cl)c1CN)C(=O)N(C[C@@H]1CCCO1)CC2. The maximum absolute atomic E-state index is 13.5. The minimum atomic E-state index is -0.0278. The topological polar surface area (TPSA) is 68.5 Å². The van der Waals surface area contributed by atoms with E-state index in [-0.39, 0.29) is 18.6 Å². The molecular formula is C21H23Cl2N3O2. The molecule has 0 unspecified atom stereocenters. The molecule has 1 fully saturated rings. The standard InChI is InChI=1S/C21H23Cl2N3O2/c1-12-16(10-24)19(15-5-4-13(22)9-17(15)23)20-18(25-12)6-7-26(21(20)27)11-14-3-2-8-28-14/h4-5,9,14H,2-3,6-8,10-11,24H2,1H3/t14-/m0/s1.